The molecular formula is C25H25FN2O5. The minimum Gasteiger partial charge on any atom is -0.497 e. The molecule has 2 N–H and O–H groups in total. The van der Waals surface area contributed by atoms with E-state index in [1.807, 2.05) is 19.9 Å². The molecule has 0 aliphatic heterocycles. The minimum absolute atomic E-state index is 0.0793. The van der Waals surface area contributed by atoms with Crippen molar-refractivity contribution in [1.29, 1.82) is 0 Å². The molecule has 33 heavy (non-hydrogen) atoms. The highest BCUT2D eigenvalue weighted by atomic mass is 19.1. The van der Waals surface area contributed by atoms with E-state index in [-0.39, 0.29) is 12.2 Å². The zero-order chi connectivity index (χ0) is 24.0. The second-order valence-electron chi connectivity index (χ2n) is 7.64. The number of carboxylic acid groups (broad SMARTS) is 1. The number of carbonyl (C=O) groups is 1. The van der Waals surface area contributed by atoms with Gasteiger partial charge in [-0.15, -0.1) is 0 Å². The first-order chi connectivity index (χ1) is 15.8. The van der Waals surface area contributed by atoms with Gasteiger partial charge in [-0.05, 0) is 55.8 Å². The van der Waals surface area contributed by atoms with Crippen LogP contribution in [0.25, 0.3) is 17.3 Å². The van der Waals surface area contributed by atoms with Crippen molar-refractivity contribution in [1.82, 2.24) is 9.97 Å². The molecule has 2 aromatic carbocycles. The number of aromatic nitrogens is 2. The Bertz CT molecular complexity index is 1180. The largest absolute Gasteiger partial charge is 0.497 e. The van der Waals surface area contributed by atoms with Gasteiger partial charge in [-0.25, -0.2) is 9.37 Å². The number of hydrogen-bond donors (Lipinski definition) is 2. The number of rotatable bonds is 9. The summed E-state index contributed by atoms with van der Waals surface area (Å²) in [6.07, 6.45) is 1.79. The predicted molar refractivity (Wildman–Crippen MR) is 121 cm³/mol. The SMILES string of the molecule is COc1ccc(F)c(-c2ncc(COc3cccc([C@H](O)CC(=O)O)c3)nc2C=C(C)C)c1. The molecule has 1 aromatic heterocycles. The van der Waals surface area contributed by atoms with Gasteiger partial charge < -0.3 is 19.7 Å². The molecule has 0 aliphatic rings. The molecule has 0 fully saturated rings. The van der Waals surface area contributed by atoms with E-state index < -0.39 is 24.3 Å². The van der Waals surface area contributed by atoms with Gasteiger partial charge >= 0.3 is 5.97 Å². The zero-order valence-electron chi connectivity index (χ0n) is 18.6. The number of aliphatic hydroxyl groups excluding tert-OH is 1. The molecule has 0 aliphatic carbocycles. The van der Waals surface area contributed by atoms with Gasteiger partial charge in [0.1, 0.15) is 23.9 Å². The van der Waals surface area contributed by atoms with E-state index in [9.17, 15) is 14.3 Å². The Hall–Kier alpha value is -3.78. The molecule has 3 rings (SSSR count). The Balaban J connectivity index is 1.86. The smallest absolute Gasteiger partial charge is 0.306 e. The topological polar surface area (TPSA) is 102 Å². The molecule has 3 aromatic rings. The number of benzene rings is 2. The highest BCUT2D eigenvalue weighted by Gasteiger charge is 2.15. The van der Waals surface area contributed by atoms with E-state index in [2.05, 4.69) is 9.97 Å². The normalized spacial score (nSPS) is 11.5. The van der Waals surface area contributed by atoms with Crippen LogP contribution >= 0.6 is 0 Å². The summed E-state index contributed by atoms with van der Waals surface area (Å²) in [5, 5.41) is 18.9. The number of ether oxygens (including phenoxy) is 2. The molecular weight excluding hydrogens is 427 g/mol. The molecule has 172 valence electrons. The van der Waals surface area contributed by atoms with E-state index in [4.69, 9.17) is 14.6 Å². The Kier molecular flexibility index (Phi) is 7.74. The second-order valence-corrected chi connectivity index (χ2v) is 7.64. The predicted octanol–water partition coefficient (Wildman–Crippen LogP) is 4.80. The summed E-state index contributed by atoms with van der Waals surface area (Å²) in [4.78, 5) is 19.9. The second kappa shape index (κ2) is 10.7. The lowest BCUT2D eigenvalue weighted by Gasteiger charge is -2.13. The number of aliphatic carboxylic acids is 1. The highest BCUT2D eigenvalue weighted by Crippen LogP contribution is 2.29. The summed E-state index contributed by atoms with van der Waals surface area (Å²) < 4.78 is 25.5. The van der Waals surface area contributed by atoms with Crippen molar-refractivity contribution in [2.75, 3.05) is 7.11 Å². The summed E-state index contributed by atoms with van der Waals surface area (Å²) in [6, 6.07) is 11.0. The first kappa shape index (κ1) is 23.9. The summed E-state index contributed by atoms with van der Waals surface area (Å²) in [5.74, 6) is -0.572. The zero-order valence-corrected chi connectivity index (χ0v) is 18.6. The third kappa shape index (κ3) is 6.36. The van der Waals surface area contributed by atoms with Crippen molar-refractivity contribution in [2.45, 2.75) is 33.0 Å². The maximum Gasteiger partial charge on any atom is 0.306 e. The van der Waals surface area contributed by atoms with Gasteiger partial charge in [-0.3, -0.25) is 9.78 Å². The first-order valence-electron chi connectivity index (χ1n) is 10.2. The number of carboxylic acids is 1. The molecule has 0 saturated heterocycles. The fourth-order valence-corrected chi connectivity index (χ4v) is 3.16. The third-order valence-corrected chi connectivity index (χ3v) is 4.70. The summed E-state index contributed by atoms with van der Waals surface area (Å²) >= 11 is 0. The number of halogens is 1. The average molecular weight is 452 g/mol. The van der Waals surface area contributed by atoms with Crippen molar-refractivity contribution in [3.8, 4) is 22.8 Å². The van der Waals surface area contributed by atoms with Crippen LogP contribution in [0.2, 0.25) is 0 Å². The Morgan fingerprint density at radius 3 is 2.67 bits per heavy atom. The van der Waals surface area contributed by atoms with Crippen LogP contribution in [0.15, 0.2) is 54.2 Å². The van der Waals surface area contributed by atoms with Gasteiger partial charge in [0.05, 0.1) is 42.9 Å². The van der Waals surface area contributed by atoms with Crippen LogP contribution in [-0.2, 0) is 11.4 Å². The highest BCUT2D eigenvalue weighted by molar-refractivity contribution is 5.72. The first-order valence-corrected chi connectivity index (χ1v) is 10.2. The number of nitrogens with zero attached hydrogens (tertiary/aromatic N) is 2. The molecule has 0 bridgehead atoms. The number of hydrogen-bond acceptors (Lipinski definition) is 6. The monoisotopic (exact) mass is 452 g/mol. The van der Waals surface area contributed by atoms with Crippen molar-refractivity contribution in [3.05, 3.63) is 77.0 Å². The van der Waals surface area contributed by atoms with Gasteiger partial charge in [-0.2, -0.15) is 0 Å². The molecule has 0 radical (unpaired) electrons. The van der Waals surface area contributed by atoms with Crippen molar-refractivity contribution < 1.29 is 28.9 Å². The quantitative estimate of drug-likeness (QED) is 0.481. The van der Waals surface area contributed by atoms with Gasteiger partial charge in [-0.1, -0.05) is 17.7 Å². The fourth-order valence-electron chi connectivity index (χ4n) is 3.16. The van der Waals surface area contributed by atoms with Crippen LogP contribution in [0.1, 0.15) is 43.3 Å². The van der Waals surface area contributed by atoms with Crippen LogP contribution in [0.5, 0.6) is 11.5 Å². The van der Waals surface area contributed by atoms with Crippen molar-refractivity contribution in [2.24, 2.45) is 0 Å². The Morgan fingerprint density at radius 1 is 1.18 bits per heavy atom. The lowest BCUT2D eigenvalue weighted by molar-refractivity contribution is -0.139. The van der Waals surface area contributed by atoms with Crippen molar-refractivity contribution in [3.63, 3.8) is 0 Å². The molecule has 1 heterocycles. The van der Waals surface area contributed by atoms with Crippen LogP contribution in [0, 0.1) is 5.82 Å². The Labute approximate surface area is 191 Å². The third-order valence-electron chi connectivity index (χ3n) is 4.70. The molecule has 0 saturated carbocycles. The Morgan fingerprint density at radius 2 is 1.97 bits per heavy atom. The molecule has 0 spiro atoms. The standard InChI is InChI=1S/C25H25FN2O5/c1-15(2)9-22-25(20-11-18(32-3)7-8-21(20)26)27-13-17(28-22)14-33-19-6-4-5-16(10-19)23(29)12-24(30)31/h4-11,13,23,29H,12,14H2,1-3H3,(H,30,31)/t23-/m1/s1. The van der Waals surface area contributed by atoms with Crippen LogP contribution in [-0.4, -0.2) is 33.3 Å². The minimum atomic E-state index is -1.13. The van der Waals surface area contributed by atoms with E-state index in [1.54, 1.807) is 30.3 Å². The maximum absolute atomic E-state index is 14.5. The van der Waals surface area contributed by atoms with E-state index in [0.717, 1.165) is 5.57 Å². The van der Waals surface area contributed by atoms with Crippen LogP contribution < -0.4 is 9.47 Å². The van der Waals surface area contributed by atoms with Crippen molar-refractivity contribution >= 4 is 12.0 Å². The average Bonchev–Trinajstić information content (AvgIpc) is 2.78. The number of aliphatic hydroxyl groups is 1. The molecule has 1 atom stereocenters. The van der Waals surface area contributed by atoms with Gasteiger partial charge in [0, 0.05) is 5.56 Å². The fraction of sp³-hybridized carbons (Fsp3) is 0.240. The van der Waals surface area contributed by atoms with E-state index in [1.165, 1.54) is 25.4 Å². The molecule has 7 nitrogen and oxygen atoms in total. The lowest BCUT2D eigenvalue weighted by Crippen LogP contribution is -2.06. The van der Waals surface area contributed by atoms with Gasteiger partial charge in [0.25, 0.3) is 0 Å². The summed E-state index contributed by atoms with van der Waals surface area (Å²) in [7, 11) is 1.51. The van der Waals surface area contributed by atoms with Gasteiger partial charge in [0.2, 0.25) is 0 Å². The summed E-state index contributed by atoms with van der Waals surface area (Å²) in [5.41, 5.74) is 3.08. The van der Waals surface area contributed by atoms with Crippen LogP contribution in [0.3, 0.4) is 0 Å². The van der Waals surface area contributed by atoms with E-state index >= 15 is 0 Å². The van der Waals surface area contributed by atoms with E-state index in [0.29, 0.717) is 34.1 Å². The number of methoxy groups -OCH3 is 1. The molecule has 0 unspecified atom stereocenters. The van der Waals surface area contributed by atoms with Crippen LogP contribution in [0.4, 0.5) is 4.39 Å². The molecule has 8 heteroatoms. The summed E-state index contributed by atoms with van der Waals surface area (Å²) in [6.45, 7) is 3.89. The maximum atomic E-state index is 14.5. The molecule has 0 amide bonds. The van der Waals surface area contributed by atoms with Gasteiger partial charge in [0.15, 0.2) is 0 Å². The number of allylic oxidation sites excluding steroid dienone is 1. The lowest BCUT2D eigenvalue weighted by atomic mass is 10.1.